The van der Waals surface area contributed by atoms with Crippen LogP contribution in [0.1, 0.15) is 20.7 Å². The number of fused-ring (bicyclic) bond motifs is 1. The minimum atomic E-state index is -0.464. The second kappa shape index (κ2) is 8.76. The number of hydrogen-bond acceptors (Lipinski definition) is 5. The van der Waals surface area contributed by atoms with E-state index in [1.807, 2.05) is 48.5 Å². The third-order valence-electron chi connectivity index (χ3n) is 4.58. The van der Waals surface area contributed by atoms with Gasteiger partial charge in [-0.2, -0.15) is 0 Å². The van der Waals surface area contributed by atoms with Gasteiger partial charge in [-0.3, -0.25) is 10.1 Å². The molecule has 0 spiro atoms. The van der Waals surface area contributed by atoms with E-state index >= 15 is 0 Å². The van der Waals surface area contributed by atoms with E-state index in [4.69, 9.17) is 12.2 Å². The maximum atomic E-state index is 12.4. The Hall–Kier alpha value is -4.04. The topological polar surface area (TPSA) is 96.1 Å². The van der Waals surface area contributed by atoms with Gasteiger partial charge in [-0.1, -0.05) is 24.3 Å². The molecule has 154 valence electrons. The molecule has 0 atom stereocenters. The van der Waals surface area contributed by atoms with Crippen LogP contribution in [0.2, 0.25) is 0 Å². The number of carbonyl (C=O) groups excluding carboxylic acids is 2. The highest BCUT2D eigenvalue weighted by Crippen LogP contribution is 2.23. The monoisotopic (exact) mass is 430 g/mol. The number of aromatic amines is 1. The summed E-state index contributed by atoms with van der Waals surface area (Å²) in [5.41, 5.74) is 4.17. The molecule has 7 nitrogen and oxygen atoms in total. The number of ether oxygens (including phenoxy) is 1. The number of rotatable bonds is 4. The third-order valence-corrected chi connectivity index (χ3v) is 4.78. The van der Waals surface area contributed by atoms with Gasteiger partial charge in [0.2, 0.25) is 0 Å². The molecule has 1 amide bonds. The first-order chi connectivity index (χ1) is 15.0. The van der Waals surface area contributed by atoms with Gasteiger partial charge in [-0.05, 0) is 60.7 Å². The Labute approximate surface area is 183 Å². The average Bonchev–Trinajstić information content (AvgIpc) is 3.23. The summed E-state index contributed by atoms with van der Waals surface area (Å²) in [7, 11) is 1.30. The summed E-state index contributed by atoms with van der Waals surface area (Å²) >= 11 is 5.27. The van der Waals surface area contributed by atoms with Crippen molar-refractivity contribution in [3.63, 3.8) is 0 Å². The molecule has 0 fully saturated rings. The van der Waals surface area contributed by atoms with Crippen LogP contribution in [-0.4, -0.2) is 34.1 Å². The zero-order valence-corrected chi connectivity index (χ0v) is 17.3. The Kier molecular flexibility index (Phi) is 5.72. The first-order valence-electron chi connectivity index (χ1n) is 9.39. The maximum absolute atomic E-state index is 12.4. The van der Waals surface area contributed by atoms with Crippen LogP contribution in [0.25, 0.3) is 22.4 Å². The number of methoxy groups -OCH3 is 1. The number of imidazole rings is 1. The van der Waals surface area contributed by atoms with Crippen molar-refractivity contribution >= 4 is 45.9 Å². The van der Waals surface area contributed by atoms with Gasteiger partial charge < -0.3 is 15.0 Å². The predicted molar refractivity (Wildman–Crippen MR) is 123 cm³/mol. The minimum absolute atomic E-state index is 0.156. The van der Waals surface area contributed by atoms with Crippen molar-refractivity contribution < 1.29 is 14.3 Å². The molecule has 0 aliphatic carbocycles. The lowest BCUT2D eigenvalue weighted by molar-refractivity contribution is 0.0600. The number of carbonyl (C=O) groups is 2. The van der Waals surface area contributed by atoms with Crippen LogP contribution in [0.15, 0.2) is 72.8 Å². The molecule has 8 heteroatoms. The van der Waals surface area contributed by atoms with E-state index in [1.54, 1.807) is 0 Å². The number of aromatic nitrogens is 2. The van der Waals surface area contributed by atoms with Crippen LogP contribution in [0, 0.1) is 0 Å². The standard InChI is InChI=1S/C23H18N4O3S/c1-30-22(29)15-11-9-14(10-12-15)21(28)27-23(31)24-17-6-4-5-16(13-17)20-25-18-7-2-3-8-19(18)26-20/h2-13H,1H3,(H,25,26)(H2,24,27,28,31). The zero-order chi connectivity index (χ0) is 21.8. The summed E-state index contributed by atoms with van der Waals surface area (Å²) < 4.78 is 4.65. The quantitative estimate of drug-likeness (QED) is 0.333. The number of anilines is 1. The lowest BCUT2D eigenvalue weighted by Crippen LogP contribution is -2.34. The molecule has 3 N–H and O–H groups in total. The van der Waals surface area contributed by atoms with Gasteiger partial charge in [0.25, 0.3) is 5.91 Å². The van der Waals surface area contributed by atoms with Crippen LogP contribution in [0.3, 0.4) is 0 Å². The zero-order valence-electron chi connectivity index (χ0n) is 16.5. The lowest BCUT2D eigenvalue weighted by atomic mass is 10.1. The number of hydrogen-bond donors (Lipinski definition) is 3. The van der Waals surface area contributed by atoms with Crippen molar-refractivity contribution in [3.05, 3.63) is 83.9 Å². The Bertz CT molecular complexity index is 1250. The first kappa shape index (κ1) is 20.2. The van der Waals surface area contributed by atoms with Crippen LogP contribution < -0.4 is 10.6 Å². The molecule has 0 aliphatic rings. The van der Waals surface area contributed by atoms with Crippen molar-refractivity contribution in [2.75, 3.05) is 12.4 Å². The van der Waals surface area contributed by atoms with Gasteiger partial charge in [0.15, 0.2) is 5.11 Å². The molecule has 1 heterocycles. The van der Waals surface area contributed by atoms with E-state index in [-0.39, 0.29) is 11.0 Å². The van der Waals surface area contributed by atoms with Crippen LogP contribution in [0.5, 0.6) is 0 Å². The second-order valence-electron chi connectivity index (χ2n) is 6.66. The van der Waals surface area contributed by atoms with E-state index in [9.17, 15) is 9.59 Å². The molecule has 0 saturated heterocycles. The largest absolute Gasteiger partial charge is 0.465 e. The van der Waals surface area contributed by atoms with Gasteiger partial charge in [-0.25, -0.2) is 9.78 Å². The summed E-state index contributed by atoms with van der Waals surface area (Å²) in [6.07, 6.45) is 0. The molecule has 31 heavy (non-hydrogen) atoms. The fraction of sp³-hybridized carbons (Fsp3) is 0.0435. The van der Waals surface area contributed by atoms with Gasteiger partial charge in [0.1, 0.15) is 5.82 Å². The molecule has 3 aromatic carbocycles. The van der Waals surface area contributed by atoms with Gasteiger partial charge in [-0.15, -0.1) is 0 Å². The third kappa shape index (κ3) is 4.59. The van der Waals surface area contributed by atoms with E-state index in [0.29, 0.717) is 16.8 Å². The number of nitrogens with zero attached hydrogens (tertiary/aromatic N) is 1. The normalized spacial score (nSPS) is 10.5. The Morgan fingerprint density at radius 1 is 0.968 bits per heavy atom. The second-order valence-corrected chi connectivity index (χ2v) is 7.07. The smallest absolute Gasteiger partial charge is 0.337 e. The molecule has 0 unspecified atom stereocenters. The van der Waals surface area contributed by atoms with Crippen molar-refractivity contribution in [3.8, 4) is 11.4 Å². The van der Waals surface area contributed by atoms with Crippen molar-refractivity contribution in [1.82, 2.24) is 15.3 Å². The highest BCUT2D eigenvalue weighted by atomic mass is 32.1. The molecule has 0 radical (unpaired) electrons. The highest BCUT2D eigenvalue weighted by Gasteiger charge is 2.11. The van der Waals surface area contributed by atoms with Crippen LogP contribution >= 0.6 is 12.2 Å². The van der Waals surface area contributed by atoms with Gasteiger partial charge >= 0.3 is 5.97 Å². The summed E-state index contributed by atoms with van der Waals surface area (Å²) in [4.78, 5) is 31.8. The summed E-state index contributed by atoms with van der Waals surface area (Å²) in [5, 5.41) is 5.80. The van der Waals surface area contributed by atoms with E-state index in [2.05, 4.69) is 25.3 Å². The minimum Gasteiger partial charge on any atom is -0.465 e. The molecular weight excluding hydrogens is 412 g/mol. The molecule has 0 aliphatic heterocycles. The maximum Gasteiger partial charge on any atom is 0.337 e. The Morgan fingerprint density at radius 3 is 2.45 bits per heavy atom. The van der Waals surface area contributed by atoms with Crippen LogP contribution in [-0.2, 0) is 4.74 Å². The molecule has 0 bridgehead atoms. The molecular formula is C23H18N4O3S. The number of nitrogens with one attached hydrogen (secondary N) is 3. The summed E-state index contributed by atoms with van der Waals surface area (Å²) in [6, 6.07) is 21.5. The fourth-order valence-corrected chi connectivity index (χ4v) is 3.26. The predicted octanol–water partition coefficient (Wildman–Crippen LogP) is 4.14. The molecule has 0 saturated carbocycles. The average molecular weight is 430 g/mol. The fourth-order valence-electron chi connectivity index (χ4n) is 3.05. The molecule has 4 rings (SSSR count). The number of benzene rings is 3. The number of para-hydroxylation sites is 2. The first-order valence-corrected chi connectivity index (χ1v) is 9.80. The SMILES string of the molecule is COC(=O)c1ccc(C(=O)NC(=S)Nc2cccc(-c3nc4ccccc4[nH]3)c2)cc1. The van der Waals surface area contributed by atoms with E-state index in [0.717, 1.165) is 22.4 Å². The highest BCUT2D eigenvalue weighted by molar-refractivity contribution is 7.80. The number of amides is 1. The Morgan fingerprint density at radius 2 is 1.71 bits per heavy atom. The lowest BCUT2D eigenvalue weighted by Gasteiger charge is -2.10. The van der Waals surface area contributed by atoms with Crippen molar-refractivity contribution in [2.24, 2.45) is 0 Å². The van der Waals surface area contributed by atoms with Gasteiger partial charge in [0.05, 0.1) is 23.7 Å². The Balaban J connectivity index is 1.43. The van der Waals surface area contributed by atoms with E-state index in [1.165, 1.54) is 31.4 Å². The summed E-state index contributed by atoms with van der Waals surface area (Å²) in [6.45, 7) is 0. The van der Waals surface area contributed by atoms with E-state index < -0.39 is 5.97 Å². The summed E-state index contributed by atoms with van der Waals surface area (Å²) in [5.74, 6) is -0.110. The number of esters is 1. The molecule has 1 aromatic heterocycles. The van der Waals surface area contributed by atoms with Crippen molar-refractivity contribution in [2.45, 2.75) is 0 Å². The van der Waals surface area contributed by atoms with Crippen LogP contribution in [0.4, 0.5) is 5.69 Å². The van der Waals surface area contributed by atoms with Gasteiger partial charge in [0, 0.05) is 16.8 Å². The molecule has 4 aromatic rings. The van der Waals surface area contributed by atoms with Crippen molar-refractivity contribution in [1.29, 1.82) is 0 Å². The number of H-pyrrole nitrogens is 1. The number of thiocarbonyl (C=S) groups is 1.